The zero-order chi connectivity index (χ0) is 15.5. The monoisotopic (exact) mass is 312 g/mol. The lowest BCUT2D eigenvalue weighted by Gasteiger charge is -2.20. The number of hydrogen-bond acceptors (Lipinski definition) is 4. The van der Waals surface area contributed by atoms with Crippen LogP contribution in [-0.4, -0.2) is 45.6 Å². The Labute approximate surface area is 127 Å². The Kier molecular flexibility index (Phi) is 5.37. The molecule has 1 fully saturated rings. The summed E-state index contributed by atoms with van der Waals surface area (Å²) in [7, 11) is -0.273. The van der Waals surface area contributed by atoms with Gasteiger partial charge in [-0.1, -0.05) is 12.1 Å². The van der Waals surface area contributed by atoms with Crippen molar-refractivity contribution in [2.24, 2.45) is 0 Å². The summed E-state index contributed by atoms with van der Waals surface area (Å²) in [4.78, 5) is 0.323. The van der Waals surface area contributed by atoms with E-state index in [-0.39, 0.29) is 0 Å². The van der Waals surface area contributed by atoms with E-state index in [1.54, 1.807) is 12.1 Å². The molecule has 5 nitrogen and oxygen atoms in total. The number of nitrogens with zero attached hydrogens (tertiary/aromatic N) is 1. The maximum Gasteiger partial charge on any atom is 0.242 e. The van der Waals surface area contributed by atoms with Gasteiger partial charge in [-0.15, -0.1) is 0 Å². The Morgan fingerprint density at radius 1 is 1.33 bits per heavy atom. The minimum atomic E-state index is -3.35. The number of hydrogen-bond donors (Lipinski definition) is 1. The largest absolute Gasteiger partial charge is 0.377 e. The molecule has 1 N–H and O–H groups in total. The summed E-state index contributed by atoms with van der Waals surface area (Å²) >= 11 is 0. The molecular formula is C15H24N2O3S. The molecule has 2 atom stereocenters. The van der Waals surface area contributed by atoms with Crippen LogP contribution in [0.2, 0.25) is 0 Å². The van der Waals surface area contributed by atoms with E-state index in [4.69, 9.17) is 4.74 Å². The van der Waals surface area contributed by atoms with Crippen molar-refractivity contribution in [3.63, 3.8) is 0 Å². The Morgan fingerprint density at radius 3 is 2.52 bits per heavy atom. The van der Waals surface area contributed by atoms with Gasteiger partial charge in [0.15, 0.2) is 0 Å². The van der Waals surface area contributed by atoms with Crippen molar-refractivity contribution >= 4 is 10.0 Å². The van der Waals surface area contributed by atoms with Gasteiger partial charge in [0, 0.05) is 33.3 Å². The number of nitrogens with one attached hydrogen (secondary N) is 1. The predicted molar refractivity (Wildman–Crippen MR) is 82.6 cm³/mol. The van der Waals surface area contributed by atoms with Crippen LogP contribution >= 0.6 is 0 Å². The predicted octanol–water partition coefficient (Wildman–Crippen LogP) is 1.59. The average Bonchev–Trinajstić information content (AvgIpc) is 2.99. The highest BCUT2D eigenvalue weighted by molar-refractivity contribution is 7.89. The number of sulfonamides is 1. The zero-order valence-corrected chi connectivity index (χ0v) is 13.7. The van der Waals surface area contributed by atoms with E-state index in [9.17, 15) is 8.42 Å². The highest BCUT2D eigenvalue weighted by Gasteiger charge is 2.22. The zero-order valence-electron chi connectivity index (χ0n) is 12.9. The van der Waals surface area contributed by atoms with Gasteiger partial charge in [-0.25, -0.2) is 12.7 Å². The summed E-state index contributed by atoms with van der Waals surface area (Å²) in [5.74, 6) is 0. The van der Waals surface area contributed by atoms with Crippen LogP contribution in [0.15, 0.2) is 29.2 Å². The van der Waals surface area contributed by atoms with Gasteiger partial charge in [0.25, 0.3) is 0 Å². The molecule has 2 rings (SSSR count). The fourth-order valence-corrected chi connectivity index (χ4v) is 3.30. The minimum Gasteiger partial charge on any atom is -0.377 e. The van der Waals surface area contributed by atoms with Crippen molar-refractivity contribution in [3.05, 3.63) is 29.8 Å². The van der Waals surface area contributed by atoms with Gasteiger partial charge >= 0.3 is 0 Å². The van der Waals surface area contributed by atoms with E-state index in [1.807, 2.05) is 12.1 Å². The van der Waals surface area contributed by atoms with Crippen molar-refractivity contribution in [2.45, 2.75) is 43.4 Å². The smallest absolute Gasteiger partial charge is 0.242 e. The molecule has 0 aromatic heterocycles. The van der Waals surface area contributed by atoms with E-state index in [1.165, 1.54) is 18.4 Å². The van der Waals surface area contributed by atoms with Crippen molar-refractivity contribution < 1.29 is 13.2 Å². The molecule has 2 unspecified atom stereocenters. The van der Waals surface area contributed by atoms with E-state index in [2.05, 4.69) is 12.2 Å². The Balaban J connectivity index is 1.93. The molecule has 118 valence electrons. The van der Waals surface area contributed by atoms with Crippen LogP contribution in [0.25, 0.3) is 0 Å². The summed E-state index contributed by atoms with van der Waals surface area (Å²) in [6, 6.07) is 7.32. The summed E-state index contributed by atoms with van der Waals surface area (Å²) in [5.41, 5.74) is 1.07. The van der Waals surface area contributed by atoms with E-state index in [0.29, 0.717) is 23.6 Å². The molecule has 0 saturated carbocycles. The van der Waals surface area contributed by atoms with Crippen molar-refractivity contribution in [1.29, 1.82) is 0 Å². The molecule has 0 bridgehead atoms. The fourth-order valence-electron chi connectivity index (χ4n) is 2.40. The van der Waals surface area contributed by atoms with Gasteiger partial charge in [-0.2, -0.15) is 0 Å². The van der Waals surface area contributed by atoms with Gasteiger partial charge in [-0.3, -0.25) is 0 Å². The summed E-state index contributed by atoms with van der Waals surface area (Å²) in [5, 5.41) is 3.44. The minimum absolute atomic E-state index is 0.290. The quantitative estimate of drug-likeness (QED) is 0.867. The average molecular weight is 312 g/mol. The van der Waals surface area contributed by atoms with Crippen LogP contribution in [0.1, 0.15) is 25.3 Å². The van der Waals surface area contributed by atoms with Crippen LogP contribution in [-0.2, 0) is 21.3 Å². The molecule has 1 aromatic rings. The van der Waals surface area contributed by atoms with Gasteiger partial charge in [0.05, 0.1) is 11.0 Å². The maximum atomic E-state index is 12.0. The maximum absolute atomic E-state index is 12.0. The number of benzene rings is 1. The molecule has 1 aliphatic heterocycles. The third-order valence-corrected chi connectivity index (χ3v) is 5.68. The van der Waals surface area contributed by atoms with Gasteiger partial charge < -0.3 is 10.1 Å². The topological polar surface area (TPSA) is 58.6 Å². The van der Waals surface area contributed by atoms with Gasteiger partial charge in [0.2, 0.25) is 10.0 Å². The Hall–Kier alpha value is -0.950. The second-order valence-corrected chi connectivity index (χ2v) is 7.80. The van der Waals surface area contributed by atoms with Gasteiger partial charge in [0.1, 0.15) is 0 Å². The molecule has 0 amide bonds. The standard InChI is InChI=1S/C15H24N2O3S/c1-12(15-5-4-10-20-15)16-11-13-6-8-14(9-7-13)21(18,19)17(2)3/h6-9,12,15-16H,4-5,10-11H2,1-3H3. The van der Waals surface area contributed by atoms with Crippen LogP contribution in [0, 0.1) is 0 Å². The first-order valence-electron chi connectivity index (χ1n) is 7.27. The fraction of sp³-hybridized carbons (Fsp3) is 0.600. The van der Waals surface area contributed by atoms with E-state index in [0.717, 1.165) is 25.0 Å². The second kappa shape index (κ2) is 6.87. The first-order valence-corrected chi connectivity index (χ1v) is 8.71. The van der Waals surface area contributed by atoms with Crippen LogP contribution in [0.5, 0.6) is 0 Å². The molecule has 0 aliphatic carbocycles. The number of rotatable bonds is 6. The lowest BCUT2D eigenvalue weighted by Crippen LogP contribution is -2.36. The summed E-state index contributed by atoms with van der Waals surface area (Å²) in [6.45, 7) is 3.69. The Morgan fingerprint density at radius 2 is 2.00 bits per heavy atom. The van der Waals surface area contributed by atoms with E-state index < -0.39 is 10.0 Å². The van der Waals surface area contributed by atoms with Crippen LogP contribution < -0.4 is 5.32 Å². The van der Waals surface area contributed by atoms with E-state index >= 15 is 0 Å². The molecular weight excluding hydrogens is 288 g/mol. The third kappa shape index (κ3) is 4.03. The third-order valence-electron chi connectivity index (χ3n) is 3.85. The molecule has 1 saturated heterocycles. The molecule has 21 heavy (non-hydrogen) atoms. The molecule has 6 heteroatoms. The van der Waals surface area contributed by atoms with Gasteiger partial charge in [-0.05, 0) is 37.5 Å². The molecule has 0 spiro atoms. The summed E-state index contributed by atoms with van der Waals surface area (Å²) in [6.07, 6.45) is 2.53. The normalized spacial score (nSPS) is 20.9. The van der Waals surface area contributed by atoms with Crippen molar-refractivity contribution in [3.8, 4) is 0 Å². The lowest BCUT2D eigenvalue weighted by atomic mass is 10.1. The highest BCUT2D eigenvalue weighted by Crippen LogP contribution is 2.17. The number of ether oxygens (including phenoxy) is 1. The first kappa shape index (κ1) is 16.4. The summed E-state index contributed by atoms with van der Waals surface area (Å²) < 4.78 is 30.8. The molecule has 1 aromatic carbocycles. The first-order chi connectivity index (χ1) is 9.91. The SMILES string of the molecule is CC(NCc1ccc(S(=O)(=O)N(C)C)cc1)C1CCCO1. The van der Waals surface area contributed by atoms with Crippen molar-refractivity contribution in [1.82, 2.24) is 9.62 Å². The molecule has 1 aliphatic rings. The van der Waals surface area contributed by atoms with Crippen LogP contribution in [0.4, 0.5) is 0 Å². The van der Waals surface area contributed by atoms with Crippen LogP contribution in [0.3, 0.4) is 0 Å². The lowest BCUT2D eigenvalue weighted by molar-refractivity contribution is 0.0832. The Bertz CT molecular complexity index is 549. The molecule has 1 heterocycles. The highest BCUT2D eigenvalue weighted by atomic mass is 32.2. The molecule has 0 radical (unpaired) electrons. The second-order valence-electron chi connectivity index (χ2n) is 5.65. The van der Waals surface area contributed by atoms with Crippen molar-refractivity contribution in [2.75, 3.05) is 20.7 Å².